The first-order chi connectivity index (χ1) is 12.5. The maximum absolute atomic E-state index is 11.5. The molecule has 0 radical (unpaired) electrons. The number of hydrogen-bond donors (Lipinski definition) is 1. The van der Waals surface area contributed by atoms with E-state index in [1.807, 2.05) is 25.1 Å². The second kappa shape index (κ2) is 6.07. The Morgan fingerprint density at radius 3 is 2.62 bits per heavy atom. The van der Waals surface area contributed by atoms with Crippen molar-refractivity contribution in [2.75, 3.05) is 0 Å². The van der Waals surface area contributed by atoms with Crippen LogP contribution in [0.3, 0.4) is 0 Å². The Bertz CT molecular complexity index is 1210. The van der Waals surface area contributed by atoms with Crippen molar-refractivity contribution in [1.82, 2.24) is 9.55 Å². The third-order valence-corrected chi connectivity index (χ3v) is 5.09. The van der Waals surface area contributed by atoms with Crippen LogP contribution in [-0.2, 0) is 0 Å². The van der Waals surface area contributed by atoms with Gasteiger partial charge in [0, 0.05) is 20.9 Å². The summed E-state index contributed by atoms with van der Waals surface area (Å²) < 4.78 is 2.64. The summed E-state index contributed by atoms with van der Waals surface area (Å²) in [7, 11) is 0. The zero-order valence-electron chi connectivity index (χ0n) is 13.9. The van der Waals surface area contributed by atoms with Crippen LogP contribution in [0.15, 0.2) is 65.0 Å². The molecule has 1 heterocycles. The van der Waals surface area contributed by atoms with Crippen LogP contribution in [0.4, 0.5) is 5.69 Å². The SMILES string of the molecule is C=C(C)c1ccc(-n2cnc3c(N=O)c4ccccc4c(O)c32)cc1Br. The lowest BCUT2D eigenvalue weighted by molar-refractivity contribution is 0.486. The van der Waals surface area contributed by atoms with E-state index in [9.17, 15) is 10.0 Å². The van der Waals surface area contributed by atoms with Gasteiger partial charge in [0.05, 0.1) is 0 Å². The number of hydrogen-bond acceptors (Lipinski definition) is 4. The number of phenols is 1. The number of allylic oxidation sites excluding steroid dienone is 1. The van der Waals surface area contributed by atoms with Crippen molar-refractivity contribution in [1.29, 1.82) is 0 Å². The molecule has 26 heavy (non-hydrogen) atoms. The topological polar surface area (TPSA) is 67.5 Å². The number of rotatable bonds is 3. The van der Waals surface area contributed by atoms with Gasteiger partial charge >= 0.3 is 0 Å². The van der Waals surface area contributed by atoms with Gasteiger partial charge in [0.15, 0.2) is 0 Å². The van der Waals surface area contributed by atoms with Crippen LogP contribution in [-0.4, -0.2) is 14.7 Å². The number of halogens is 1. The molecule has 6 heteroatoms. The highest BCUT2D eigenvalue weighted by Crippen LogP contribution is 2.42. The number of imidazole rings is 1. The lowest BCUT2D eigenvalue weighted by Crippen LogP contribution is -1.94. The van der Waals surface area contributed by atoms with Crippen molar-refractivity contribution >= 4 is 49.0 Å². The van der Waals surface area contributed by atoms with Crippen molar-refractivity contribution in [3.05, 3.63) is 70.3 Å². The summed E-state index contributed by atoms with van der Waals surface area (Å²) in [5.41, 5.74) is 3.80. The maximum atomic E-state index is 11.5. The van der Waals surface area contributed by atoms with Crippen LogP contribution in [0, 0.1) is 4.91 Å². The summed E-state index contributed by atoms with van der Waals surface area (Å²) >= 11 is 3.56. The number of benzene rings is 3. The van der Waals surface area contributed by atoms with Crippen molar-refractivity contribution in [3.8, 4) is 11.4 Å². The van der Waals surface area contributed by atoms with Gasteiger partial charge in [-0.3, -0.25) is 4.57 Å². The normalized spacial score (nSPS) is 11.2. The van der Waals surface area contributed by atoms with Gasteiger partial charge < -0.3 is 5.11 Å². The van der Waals surface area contributed by atoms with Crippen LogP contribution >= 0.6 is 15.9 Å². The Morgan fingerprint density at radius 2 is 1.96 bits per heavy atom. The number of aromatic hydroxyl groups is 1. The van der Waals surface area contributed by atoms with Crippen LogP contribution in [0.5, 0.6) is 5.75 Å². The fourth-order valence-electron chi connectivity index (χ4n) is 3.19. The monoisotopic (exact) mass is 407 g/mol. The van der Waals surface area contributed by atoms with E-state index in [0.29, 0.717) is 21.8 Å². The van der Waals surface area contributed by atoms with E-state index >= 15 is 0 Å². The molecule has 0 aliphatic carbocycles. The molecular formula is C20H14BrN3O2. The van der Waals surface area contributed by atoms with Gasteiger partial charge in [-0.05, 0) is 35.4 Å². The molecule has 4 aromatic rings. The molecule has 0 aliphatic rings. The lowest BCUT2D eigenvalue weighted by Gasteiger charge is -2.11. The molecule has 0 bridgehead atoms. The molecule has 0 unspecified atom stereocenters. The van der Waals surface area contributed by atoms with Crippen LogP contribution < -0.4 is 0 Å². The summed E-state index contributed by atoms with van der Waals surface area (Å²) in [6.45, 7) is 5.90. The van der Waals surface area contributed by atoms with Gasteiger partial charge in [-0.1, -0.05) is 52.8 Å². The Hall–Kier alpha value is -2.99. The average Bonchev–Trinajstić information content (AvgIpc) is 3.07. The van der Waals surface area contributed by atoms with Crippen LogP contribution in [0.25, 0.3) is 33.1 Å². The minimum atomic E-state index is 0.0700. The van der Waals surface area contributed by atoms with Crippen LogP contribution in [0.2, 0.25) is 0 Å². The van der Waals surface area contributed by atoms with E-state index in [-0.39, 0.29) is 11.4 Å². The third-order valence-electron chi connectivity index (χ3n) is 4.44. The van der Waals surface area contributed by atoms with Crippen LogP contribution in [0.1, 0.15) is 12.5 Å². The number of nitroso groups, excluding NO2 is 1. The number of aromatic nitrogens is 2. The van der Waals surface area contributed by atoms with E-state index in [1.165, 1.54) is 0 Å². The predicted octanol–water partition coefficient (Wildman–Crippen LogP) is 6.08. The zero-order valence-corrected chi connectivity index (χ0v) is 15.5. The fraction of sp³-hybridized carbons (Fsp3) is 0.0500. The van der Waals surface area contributed by atoms with Gasteiger partial charge in [-0.25, -0.2) is 4.98 Å². The molecule has 3 aromatic carbocycles. The Kier molecular flexibility index (Phi) is 3.85. The fourth-order valence-corrected chi connectivity index (χ4v) is 3.89. The Labute approximate surface area is 157 Å². The average molecular weight is 408 g/mol. The molecular weight excluding hydrogens is 394 g/mol. The predicted molar refractivity (Wildman–Crippen MR) is 108 cm³/mol. The zero-order chi connectivity index (χ0) is 18.4. The molecule has 4 rings (SSSR count). The highest BCUT2D eigenvalue weighted by molar-refractivity contribution is 9.10. The van der Waals surface area contributed by atoms with Crippen molar-refractivity contribution in [3.63, 3.8) is 0 Å². The molecule has 0 amide bonds. The first-order valence-corrected chi connectivity index (χ1v) is 8.72. The molecule has 128 valence electrons. The Balaban J connectivity index is 2.07. The molecule has 0 spiro atoms. The van der Waals surface area contributed by atoms with E-state index in [1.54, 1.807) is 35.2 Å². The largest absolute Gasteiger partial charge is 0.505 e. The van der Waals surface area contributed by atoms with Gasteiger partial charge in [0.25, 0.3) is 0 Å². The third kappa shape index (κ3) is 2.34. The second-order valence-electron chi connectivity index (χ2n) is 6.09. The first kappa shape index (κ1) is 16.5. The summed E-state index contributed by atoms with van der Waals surface area (Å²) in [4.78, 5) is 15.8. The molecule has 0 saturated carbocycles. The van der Waals surface area contributed by atoms with E-state index in [4.69, 9.17) is 0 Å². The highest BCUT2D eigenvalue weighted by atomic mass is 79.9. The first-order valence-electron chi connectivity index (χ1n) is 7.92. The molecule has 0 atom stereocenters. The summed E-state index contributed by atoms with van der Waals surface area (Å²) in [5, 5.41) is 15.2. The molecule has 0 fully saturated rings. The van der Waals surface area contributed by atoms with Crippen molar-refractivity contribution in [2.45, 2.75) is 6.92 Å². The highest BCUT2D eigenvalue weighted by Gasteiger charge is 2.19. The molecule has 5 nitrogen and oxygen atoms in total. The summed E-state index contributed by atoms with van der Waals surface area (Å²) in [6, 6.07) is 12.9. The summed E-state index contributed by atoms with van der Waals surface area (Å²) in [5.74, 6) is 0.0700. The smallest absolute Gasteiger partial charge is 0.149 e. The lowest BCUT2D eigenvalue weighted by atomic mass is 10.1. The maximum Gasteiger partial charge on any atom is 0.149 e. The molecule has 0 saturated heterocycles. The standard InChI is InChI=1S/C20H14BrN3O2/c1-11(2)13-8-7-12(9-16(13)21)24-10-22-18-17(23-26)14-5-3-4-6-15(14)20(25)19(18)24/h3-10,25H,1H2,2H3. The second-order valence-corrected chi connectivity index (χ2v) is 6.94. The quantitative estimate of drug-likeness (QED) is 0.418. The number of nitrogens with zero attached hydrogens (tertiary/aromatic N) is 3. The number of phenolic OH excluding ortho intramolecular Hbond substituents is 1. The van der Waals surface area contributed by atoms with Gasteiger partial charge in [0.2, 0.25) is 0 Å². The minimum Gasteiger partial charge on any atom is -0.505 e. The summed E-state index contributed by atoms with van der Waals surface area (Å²) in [6.07, 6.45) is 1.58. The van der Waals surface area contributed by atoms with Gasteiger partial charge in [-0.2, -0.15) is 0 Å². The van der Waals surface area contributed by atoms with E-state index < -0.39 is 0 Å². The van der Waals surface area contributed by atoms with Crippen molar-refractivity contribution in [2.24, 2.45) is 5.18 Å². The van der Waals surface area contributed by atoms with Crippen molar-refractivity contribution < 1.29 is 5.11 Å². The van der Waals surface area contributed by atoms with E-state index in [2.05, 4.69) is 32.7 Å². The molecule has 1 N–H and O–H groups in total. The van der Waals surface area contributed by atoms with Gasteiger partial charge in [-0.15, -0.1) is 4.91 Å². The minimum absolute atomic E-state index is 0.0700. The molecule has 0 aliphatic heterocycles. The number of fused-ring (bicyclic) bond motifs is 2. The Morgan fingerprint density at radius 1 is 1.23 bits per heavy atom. The van der Waals surface area contributed by atoms with Gasteiger partial charge in [0.1, 0.15) is 28.8 Å². The molecule has 1 aromatic heterocycles. The van der Waals surface area contributed by atoms with E-state index in [0.717, 1.165) is 21.3 Å².